The summed E-state index contributed by atoms with van der Waals surface area (Å²) in [5.74, 6) is -0.988. The zero-order chi connectivity index (χ0) is 50.7. The quantitative estimate of drug-likeness (QED) is 0.0262. The Morgan fingerprint density at radius 3 is 0.814 bits per heavy atom. The maximum absolute atomic E-state index is 12.9. The van der Waals surface area contributed by atoms with Crippen LogP contribution in [0, 0.1) is 0 Å². The van der Waals surface area contributed by atoms with Crippen LogP contribution in [-0.4, -0.2) is 37.2 Å². The first-order valence-corrected chi connectivity index (χ1v) is 27.8. The number of unbranched alkanes of at least 4 members (excludes halogenated alkanes) is 13. The summed E-state index contributed by atoms with van der Waals surface area (Å²) < 4.78 is 16.8. The van der Waals surface area contributed by atoms with E-state index in [0.29, 0.717) is 19.3 Å². The number of hydrogen-bond acceptors (Lipinski definition) is 6. The summed E-state index contributed by atoms with van der Waals surface area (Å²) in [5, 5.41) is 0. The third kappa shape index (κ3) is 54.2. The highest BCUT2D eigenvalue weighted by molar-refractivity contribution is 5.71. The fraction of sp³-hybridized carbons (Fsp3) is 0.578. The minimum absolute atomic E-state index is 0.113. The molecule has 70 heavy (non-hydrogen) atoms. The molecule has 6 nitrogen and oxygen atoms in total. The molecule has 6 heteroatoms. The van der Waals surface area contributed by atoms with E-state index in [1.807, 2.05) is 0 Å². The second kappa shape index (κ2) is 56.9. The van der Waals surface area contributed by atoms with E-state index in [1.165, 1.54) is 12.8 Å². The topological polar surface area (TPSA) is 78.9 Å². The normalized spacial score (nSPS) is 13.2. The summed E-state index contributed by atoms with van der Waals surface area (Å²) >= 11 is 0. The third-order valence-electron chi connectivity index (χ3n) is 11.1. The summed E-state index contributed by atoms with van der Waals surface area (Å²) in [6.07, 6.45) is 81.2. The second-order valence-electron chi connectivity index (χ2n) is 17.7. The molecule has 0 aliphatic carbocycles. The Labute approximate surface area is 429 Å². The molecule has 0 aliphatic rings. The molecule has 0 aromatic carbocycles. The van der Waals surface area contributed by atoms with Crippen molar-refractivity contribution in [2.75, 3.05) is 13.2 Å². The van der Waals surface area contributed by atoms with Gasteiger partial charge in [0.05, 0.1) is 0 Å². The van der Waals surface area contributed by atoms with Crippen molar-refractivity contribution in [3.05, 3.63) is 146 Å². The van der Waals surface area contributed by atoms with Crippen LogP contribution in [0.4, 0.5) is 0 Å². The summed E-state index contributed by atoms with van der Waals surface area (Å²) in [5.41, 5.74) is 0. The Bertz CT molecular complexity index is 1580. The number of hydrogen-bond donors (Lipinski definition) is 0. The summed E-state index contributed by atoms with van der Waals surface area (Å²) in [6.45, 7) is 6.22. The van der Waals surface area contributed by atoms with Crippen molar-refractivity contribution < 1.29 is 28.6 Å². The molecule has 0 aromatic rings. The summed E-state index contributed by atoms with van der Waals surface area (Å²) in [6, 6.07) is 0. The van der Waals surface area contributed by atoms with Gasteiger partial charge in [0.1, 0.15) is 13.2 Å². The largest absolute Gasteiger partial charge is 0.462 e. The van der Waals surface area contributed by atoms with E-state index < -0.39 is 6.10 Å². The van der Waals surface area contributed by atoms with Gasteiger partial charge >= 0.3 is 17.9 Å². The molecule has 0 bridgehead atoms. The molecule has 0 aliphatic heterocycles. The molecule has 0 spiro atoms. The van der Waals surface area contributed by atoms with Crippen LogP contribution in [0.3, 0.4) is 0 Å². The fourth-order valence-corrected chi connectivity index (χ4v) is 7.00. The number of rotatable bonds is 48. The monoisotopic (exact) mass is 965 g/mol. The van der Waals surface area contributed by atoms with Crippen LogP contribution in [0.15, 0.2) is 146 Å². The van der Waals surface area contributed by atoms with Gasteiger partial charge in [0, 0.05) is 19.3 Å². The first kappa shape index (κ1) is 65.3. The first-order valence-electron chi connectivity index (χ1n) is 27.8. The minimum atomic E-state index is -0.816. The van der Waals surface area contributed by atoms with E-state index in [4.69, 9.17) is 14.2 Å². The average Bonchev–Trinajstić information content (AvgIpc) is 3.36. The van der Waals surface area contributed by atoms with E-state index in [2.05, 4.69) is 167 Å². The molecule has 0 saturated carbocycles. The van der Waals surface area contributed by atoms with Crippen molar-refractivity contribution in [3.63, 3.8) is 0 Å². The molecule has 1 unspecified atom stereocenters. The lowest BCUT2D eigenvalue weighted by Crippen LogP contribution is -2.30. The van der Waals surface area contributed by atoms with Gasteiger partial charge in [-0.1, -0.05) is 212 Å². The predicted molar refractivity (Wildman–Crippen MR) is 302 cm³/mol. The van der Waals surface area contributed by atoms with Gasteiger partial charge in [-0.05, 0) is 135 Å². The first-order chi connectivity index (χ1) is 34.5. The Balaban J connectivity index is 4.53. The maximum atomic E-state index is 12.9. The number of carbonyl (C=O) groups excluding carboxylic acids is 3. The van der Waals surface area contributed by atoms with Crippen molar-refractivity contribution in [2.45, 2.75) is 226 Å². The van der Waals surface area contributed by atoms with Crippen LogP contribution in [0.5, 0.6) is 0 Å². The van der Waals surface area contributed by atoms with Crippen LogP contribution in [0.2, 0.25) is 0 Å². The lowest BCUT2D eigenvalue weighted by Gasteiger charge is -2.18. The second-order valence-corrected chi connectivity index (χ2v) is 17.7. The molecular weight excluding hydrogens is 865 g/mol. The molecule has 0 amide bonds. The minimum Gasteiger partial charge on any atom is -0.462 e. The summed E-state index contributed by atoms with van der Waals surface area (Å²) in [4.78, 5) is 38.1. The lowest BCUT2D eigenvalue weighted by atomic mass is 10.1. The molecular formula is C64H100O6. The standard InChI is InChI=1S/C64H100O6/c1-4-7-10-13-16-19-22-25-28-30-32-34-36-39-42-45-48-51-54-57-63(66)69-60-61(59-68-62(65)56-53-50-47-44-41-38-27-24-21-18-15-12-9-6-3)70-64(67)58-55-52-49-46-43-40-37-35-33-31-29-26-23-20-17-14-11-8-5-2/h7-12,16-21,25-29,32-35,38-39,42,61H,4-6,13-15,22-24,30-31,36-37,40-41,43-60H2,1-3H3/b10-7-,11-8-,12-9-,19-16-,20-17-,21-18-,28-25-,29-26-,34-32-,35-33-,38-27-,42-39-. The molecule has 0 saturated heterocycles. The Morgan fingerprint density at radius 1 is 0.286 bits per heavy atom. The van der Waals surface area contributed by atoms with Gasteiger partial charge in [-0.3, -0.25) is 14.4 Å². The van der Waals surface area contributed by atoms with Gasteiger partial charge in [0.25, 0.3) is 0 Å². The molecule has 0 radical (unpaired) electrons. The lowest BCUT2D eigenvalue weighted by molar-refractivity contribution is -0.167. The van der Waals surface area contributed by atoms with Crippen molar-refractivity contribution in [3.8, 4) is 0 Å². The average molecular weight is 965 g/mol. The van der Waals surface area contributed by atoms with Crippen molar-refractivity contribution in [1.29, 1.82) is 0 Å². The van der Waals surface area contributed by atoms with Crippen molar-refractivity contribution in [2.24, 2.45) is 0 Å². The molecule has 1 atom stereocenters. The molecule has 0 heterocycles. The van der Waals surface area contributed by atoms with E-state index in [1.54, 1.807) is 0 Å². The van der Waals surface area contributed by atoms with Gasteiger partial charge < -0.3 is 14.2 Å². The molecule has 0 rings (SSSR count). The maximum Gasteiger partial charge on any atom is 0.306 e. The van der Waals surface area contributed by atoms with Gasteiger partial charge in [0.2, 0.25) is 0 Å². The number of allylic oxidation sites excluding steroid dienone is 24. The van der Waals surface area contributed by atoms with Crippen molar-refractivity contribution >= 4 is 17.9 Å². The van der Waals surface area contributed by atoms with Gasteiger partial charge in [-0.25, -0.2) is 0 Å². The van der Waals surface area contributed by atoms with Crippen LogP contribution in [0.25, 0.3) is 0 Å². The van der Waals surface area contributed by atoms with Crippen LogP contribution in [-0.2, 0) is 28.6 Å². The number of carbonyl (C=O) groups is 3. The molecule has 0 N–H and O–H groups in total. The third-order valence-corrected chi connectivity index (χ3v) is 11.1. The highest BCUT2D eigenvalue weighted by Crippen LogP contribution is 2.13. The van der Waals surface area contributed by atoms with Gasteiger partial charge in [-0.2, -0.15) is 0 Å². The predicted octanol–water partition coefficient (Wildman–Crippen LogP) is 18.8. The highest BCUT2D eigenvalue weighted by Gasteiger charge is 2.19. The van der Waals surface area contributed by atoms with Crippen LogP contribution < -0.4 is 0 Å². The van der Waals surface area contributed by atoms with E-state index >= 15 is 0 Å². The Morgan fingerprint density at radius 2 is 0.514 bits per heavy atom. The fourth-order valence-electron chi connectivity index (χ4n) is 7.00. The molecule has 392 valence electrons. The number of esters is 3. The van der Waals surface area contributed by atoms with Crippen LogP contribution >= 0.6 is 0 Å². The molecule has 0 fully saturated rings. The SMILES string of the molecule is CC/C=C\C/C=C\C/C=C\C/C=C\C/C=C\CCCCCC(=O)OCC(COC(=O)CCCCCC/C=C\C/C=C\C/C=C\CC)OC(=O)CCCCCCCC/C=C\C/C=C\C/C=C\C/C=C\CC. The zero-order valence-corrected chi connectivity index (χ0v) is 44.7. The Hall–Kier alpha value is -4.71. The van der Waals surface area contributed by atoms with E-state index in [9.17, 15) is 14.4 Å². The van der Waals surface area contributed by atoms with E-state index in [0.717, 1.165) is 167 Å². The van der Waals surface area contributed by atoms with Gasteiger partial charge in [-0.15, -0.1) is 0 Å². The number of ether oxygens (including phenoxy) is 3. The van der Waals surface area contributed by atoms with E-state index in [-0.39, 0.29) is 31.1 Å². The highest BCUT2D eigenvalue weighted by atomic mass is 16.6. The zero-order valence-electron chi connectivity index (χ0n) is 44.7. The van der Waals surface area contributed by atoms with Gasteiger partial charge in [0.15, 0.2) is 6.10 Å². The van der Waals surface area contributed by atoms with Crippen LogP contribution in [0.1, 0.15) is 220 Å². The Kier molecular flexibility index (Phi) is 53.0. The van der Waals surface area contributed by atoms with Crippen molar-refractivity contribution in [1.82, 2.24) is 0 Å². The smallest absolute Gasteiger partial charge is 0.306 e. The summed E-state index contributed by atoms with van der Waals surface area (Å²) in [7, 11) is 0. The molecule has 0 aromatic heterocycles.